The molecule has 1 saturated heterocycles. The van der Waals surface area contributed by atoms with Gasteiger partial charge in [0.1, 0.15) is 5.75 Å². The van der Waals surface area contributed by atoms with Gasteiger partial charge in [0, 0.05) is 41.3 Å². The van der Waals surface area contributed by atoms with Crippen molar-refractivity contribution in [2.75, 3.05) is 19.7 Å². The molecule has 1 aliphatic heterocycles. The number of benzene rings is 2. The Labute approximate surface area is 192 Å². The quantitative estimate of drug-likeness (QED) is 0.547. The fourth-order valence-corrected chi connectivity index (χ4v) is 5.93. The number of sulfonamides is 1. The molecule has 1 aromatic heterocycles. The normalized spacial score (nSPS) is 15.8. The lowest BCUT2D eigenvalue weighted by atomic mass is 10.1. The summed E-state index contributed by atoms with van der Waals surface area (Å²) in [5, 5.41) is 10.6. The largest absolute Gasteiger partial charge is 0.494 e. The van der Waals surface area contributed by atoms with E-state index in [4.69, 9.17) is 16.3 Å². The number of carboxylic acids is 1. The molecule has 0 aliphatic carbocycles. The second kappa shape index (κ2) is 9.13. The fraction of sp³-hybridized carbons (Fsp3) is 0.348. The van der Waals surface area contributed by atoms with Crippen molar-refractivity contribution in [2.45, 2.75) is 37.1 Å². The van der Waals surface area contributed by atoms with E-state index in [0.29, 0.717) is 48.9 Å². The first kappa shape index (κ1) is 22.6. The van der Waals surface area contributed by atoms with E-state index in [1.165, 1.54) is 4.31 Å². The van der Waals surface area contributed by atoms with Gasteiger partial charge in [-0.25, -0.2) is 8.42 Å². The minimum absolute atomic E-state index is 0.0769. The highest BCUT2D eigenvalue weighted by Gasteiger charge is 2.30. The van der Waals surface area contributed by atoms with Crippen LogP contribution in [0.25, 0.3) is 10.9 Å². The Hall–Kier alpha value is -2.55. The summed E-state index contributed by atoms with van der Waals surface area (Å²) in [6, 6.07) is 12.0. The number of halogens is 1. The number of hydrogen-bond acceptors (Lipinski definition) is 4. The van der Waals surface area contributed by atoms with Crippen molar-refractivity contribution in [1.29, 1.82) is 0 Å². The maximum absolute atomic E-state index is 13.1. The summed E-state index contributed by atoms with van der Waals surface area (Å²) in [5.74, 6) is -0.262. The predicted molar refractivity (Wildman–Crippen MR) is 123 cm³/mol. The SMILES string of the molecule is CCOc1ccc(S(=O)(=O)N2CCC(n3cc(CC(=O)O)c4cc(Cl)ccc43)CC2)cc1. The number of aliphatic carboxylic acids is 1. The third-order valence-corrected chi connectivity index (χ3v) is 7.96. The van der Waals surface area contributed by atoms with E-state index in [1.807, 2.05) is 19.2 Å². The van der Waals surface area contributed by atoms with E-state index in [9.17, 15) is 18.3 Å². The van der Waals surface area contributed by atoms with E-state index in [2.05, 4.69) is 4.57 Å². The highest BCUT2D eigenvalue weighted by Crippen LogP contribution is 2.33. The number of fused-ring (bicyclic) bond motifs is 1. The Balaban J connectivity index is 1.53. The molecule has 170 valence electrons. The lowest BCUT2D eigenvalue weighted by molar-refractivity contribution is -0.136. The van der Waals surface area contributed by atoms with Crippen LogP contribution in [0.4, 0.5) is 0 Å². The van der Waals surface area contributed by atoms with Crippen LogP contribution < -0.4 is 4.74 Å². The number of piperidine rings is 1. The molecule has 9 heteroatoms. The van der Waals surface area contributed by atoms with E-state index >= 15 is 0 Å². The Kier molecular flexibility index (Phi) is 6.46. The van der Waals surface area contributed by atoms with Crippen LogP contribution in [-0.4, -0.2) is 48.1 Å². The number of carbonyl (C=O) groups is 1. The van der Waals surface area contributed by atoms with Gasteiger partial charge in [-0.3, -0.25) is 4.79 Å². The van der Waals surface area contributed by atoms with Crippen LogP contribution in [0.3, 0.4) is 0 Å². The number of nitrogens with zero attached hydrogens (tertiary/aromatic N) is 2. The molecule has 2 heterocycles. The third-order valence-electron chi connectivity index (χ3n) is 5.81. The molecule has 1 N–H and O–H groups in total. The molecule has 7 nitrogen and oxygen atoms in total. The Morgan fingerprint density at radius 3 is 2.47 bits per heavy atom. The average Bonchev–Trinajstić information content (AvgIpc) is 3.11. The van der Waals surface area contributed by atoms with Crippen molar-refractivity contribution in [3.05, 3.63) is 59.2 Å². The monoisotopic (exact) mass is 476 g/mol. The van der Waals surface area contributed by atoms with Crippen molar-refractivity contribution < 1.29 is 23.1 Å². The topological polar surface area (TPSA) is 88.8 Å². The van der Waals surface area contributed by atoms with Gasteiger partial charge >= 0.3 is 5.97 Å². The molecule has 0 spiro atoms. The van der Waals surface area contributed by atoms with Crippen molar-refractivity contribution in [2.24, 2.45) is 0 Å². The zero-order chi connectivity index (χ0) is 22.9. The molecular weight excluding hydrogens is 452 g/mol. The zero-order valence-corrected chi connectivity index (χ0v) is 19.3. The van der Waals surface area contributed by atoms with Gasteiger partial charge in [-0.2, -0.15) is 4.31 Å². The first-order valence-corrected chi connectivity index (χ1v) is 12.3. The van der Waals surface area contributed by atoms with Gasteiger partial charge in [0.15, 0.2) is 0 Å². The van der Waals surface area contributed by atoms with Crippen molar-refractivity contribution in [3.8, 4) is 5.75 Å². The summed E-state index contributed by atoms with van der Waals surface area (Å²) >= 11 is 6.14. The van der Waals surface area contributed by atoms with Gasteiger partial charge in [0.25, 0.3) is 0 Å². The molecule has 0 unspecified atom stereocenters. The summed E-state index contributed by atoms with van der Waals surface area (Å²) in [4.78, 5) is 11.6. The number of aromatic nitrogens is 1. The molecular formula is C23H25ClN2O5S. The number of ether oxygens (including phenoxy) is 1. The van der Waals surface area contributed by atoms with E-state index in [0.717, 1.165) is 10.9 Å². The van der Waals surface area contributed by atoms with Gasteiger partial charge in [0.2, 0.25) is 10.0 Å². The molecule has 0 atom stereocenters. The van der Waals surface area contributed by atoms with Gasteiger partial charge < -0.3 is 14.4 Å². The van der Waals surface area contributed by atoms with Gasteiger partial charge in [0.05, 0.1) is 17.9 Å². The average molecular weight is 477 g/mol. The Morgan fingerprint density at radius 1 is 1.16 bits per heavy atom. The van der Waals surface area contributed by atoms with Gasteiger partial charge in [-0.15, -0.1) is 0 Å². The Morgan fingerprint density at radius 2 is 1.84 bits per heavy atom. The predicted octanol–water partition coefficient (Wildman–Crippen LogP) is 4.35. The number of hydrogen-bond donors (Lipinski definition) is 1. The molecule has 1 aliphatic rings. The van der Waals surface area contributed by atoms with Crippen LogP contribution in [0.2, 0.25) is 5.02 Å². The molecule has 3 aromatic rings. The minimum Gasteiger partial charge on any atom is -0.494 e. The molecule has 2 aromatic carbocycles. The van der Waals surface area contributed by atoms with Crippen LogP contribution in [0, 0.1) is 0 Å². The summed E-state index contributed by atoms with van der Waals surface area (Å²) in [6.07, 6.45) is 3.05. The fourth-order valence-electron chi connectivity index (χ4n) is 4.29. The highest BCUT2D eigenvalue weighted by molar-refractivity contribution is 7.89. The summed E-state index contributed by atoms with van der Waals surface area (Å²) in [5.41, 5.74) is 1.62. The maximum Gasteiger partial charge on any atom is 0.307 e. The van der Waals surface area contributed by atoms with E-state index in [-0.39, 0.29) is 17.4 Å². The first-order chi connectivity index (χ1) is 15.3. The van der Waals surface area contributed by atoms with Crippen molar-refractivity contribution in [1.82, 2.24) is 8.87 Å². The third kappa shape index (κ3) is 4.48. The lowest BCUT2D eigenvalue weighted by Gasteiger charge is -2.32. The van der Waals surface area contributed by atoms with Crippen LogP contribution >= 0.6 is 11.6 Å². The standard InChI is InChI=1S/C23H25ClN2O5S/c1-2-31-19-4-6-20(7-5-19)32(29,30)25-11-9-18(10-12-25)26-15-16(13-23(27)28)21-14-17(24)3-8-22(21)26/h3-8,14-15,18H,2,9-13H2,1H3,(H,27,28). The van der Waals surface area contributed by atoms with Crippen LogP contribution in [-0.2, 0) is 21.2 Å². The zero-order valence-electron chi connectivity index (χ0n) is 17.7. The highest BCUT2D eigenvalue weighted by atomic mass is 35.5. The molecule has 32 heavy (non-hydrogen) atoms. The van der Waals surface area contributed by atoms with Crippen molar-refractivity contribution in [3.63, 3.8) is 0 Å². The lowest BCUT2D eigenvalue weighted by Crippen LogP contribution is -2.38. The molecule has 0 amide bonds. The van der Waals surface area contributed by atoms with Crippen LogP contribution in [0.5, 0.6) is 5.75 Å². The van der Waals surface area contributed by atoms with Crippen LogP contribution in [0.15, 0.2) is 53.6 Å². The molecule has 0 bridgehead atoms. The summed E-state index contributed by atoms with van der Waals surface area (Å²) in [7, 11) is -3.58. The number of carboxylic acid groups (broad SMARTS) is 1. The summed E-state index contributed by atoms with van der Waals surface area (Å²) < 4.78 is 35.1. The van der Waals surface area contributed by atoms with E-state index < -0.39 is 16.0 Å². The Bertz CT molecular complexity index is 1230. The first-order valence-electron chi connectivity index (χ1n) is 10.5. The second-order valence-corrected chi connectivity index (χ2v) is 10.2. The van der Waals surface area contributed by atoms with Crippen molar-refractivity contribution >= 4 is 38.5 Å². The molecule has 4 rings (SSSR count). The molecule has 0 radical (unpaired) electrons. The smallest absolute Gasteiger partial charge is 0.307 e. The number of rotatable bonds is 7. The maximum atomic E-state index is 13.1. The minimum atomic E-state index is -3.58. The second-order valence-electron chi connectivity index (χ2n) is 7.83. The molecule has 1 fully saturated rings. The molecule has 0 saturated carbocycles. The van der Waals surface area contributed by atoms with Crippen LogP contribution in [0.1, 0.15) is 31.4 Å². The van der Waals surface area contributed by atoms with Gasteiger partial charge in [-0.1, -0.05) is 11.6 Å². The van der Waals surface area contributed by atoms with E-state index in [1.54, 1.807) is 36.4 Å². The van der Waals surface area contributed by atoms with Gasteiger partial charge in [-0.05, 0) is 67.8 Å². The summed E-state index contributed by atoms with van der Waals surface area (Å²) in [6.45, 7) is 3.18.